The Morgan fingerprint density at radius 3 is 2.40 bits per heavy atom. The first kappa shape index (κ1) is 24.4. The lowest BCUT2D eigenvalue weighted by atomic mass is 10.1. The van der Waals surface area contributed by atoms with Gasteiger partial charge in [0.05, 0.1) is 18.6 Å². The fraction of sp³-hybridized carbons (Fsp3) is 0.120. The fourth-order valence-electron chi connectivity index (χ4n) is 3.18. The molecule has 1 heterocycles. The number of nitrogens with zero attached hydrogens (tertiary/aromatic N) is 4. The molecule has 0 aliphatic rings. The smallest absolute Gasteiger partial charge is 0.250 e. The molecule has 0 radical (unpaired) electrons. The lowest BCUT2D eigenvalue weighted by Crippen LogP contribution is -2.21. The van der Waals surface area contributed by atoms with Crippen LogP contribution in [-0.2, 0) is 4.79 Å². The summed E-state index contributed by atoms with van der Waals surface area (Å²) < 4.78 is 20.2. The summed E-state index contributed by atoms with van der Waals surface area (Å²) in [5.74, 6) is 0.764. The highest BCUT2D eigenvalue weighted by molar-refractivity contribution is 7.99. The first-order valence-corrected chi connectivity index (χ1v) is 11.9. The van der Waals surface area contributed by atoms with Crippen LogP contribution < -0.4 is 10.2 Å². The SMILES string of the molecule is COc1ccc(-c2nnc(SCC(=O)N/N=C(\C)c3ccc(F)cc3)n2-c2ccc(Cl)cc2)cc1. The van der Waals surface area contributed by atoms with Crippen LogP contribution >= 0.6 is 23.4 Å². The topological polar surface area (TPSA) is 81.4 Å². The Bertz CT molecular complexity index is 1340. The molecule has 4 rings (SSSR count). The van der Waals surface area contributed by atoms with Gasteiger partial charge in [-0.25, -0.2) is 9.82 Å². The number of benzene rings is 3. The Labute approximate surface area is 211 Å². The Morgan fingerprint density at radius 1 is 1.06 bits per heavy atom. The summed E-state index contributed by atoms with van der Waals surface area (Å²) in [6.07, 6.45) is 0. The molecule has 1 aromatic heterocycles. The second-order valence-corrected chi connectivity index (χ2v) is 8.75. The molecular formula is C25H21ClFN5O2S. The Morgan fingerprint density at radius 2 is 1.74 bits per heavy atom. The molecule has 0 bridgehead atoms. The highest BCUT2D eigenvalue weighted by atomic mass is 35.5. The van der Waals surface area contributed by atoms with E-state index in [-0.39, 0.29) is 17.5 Å². The van der Waals surface area contributed by atoms with E-state index in [1.807, 2.05) is 41.0 Å². The summed E-state index contributed by atoms with van der Waals surface area (Å²) in [6.45, 7) is 1.74. The number of thioether (sulfide) groups is 1. The largest absolute Gasteiger partial charge is 0.497 e. The number of halogens is 2. The van der Waals surface area contributed by atoms with Gasteiger partial charge in [-0.05, 0) is 73.2 Å². The van der Waals surface area contributed by atoms with Crippen molar-refractivity contribution in [2.75, 3.05) is 12.9 Å². The number of nitrogens with one attached hydrogen (secondary N) is 1. The van der Waals surface area contributed by atoms with Gasteiger partial charge in [-0.2, -0.15) is 5.10 Å². The highest BCUT2D eigenvalue weighted by Gasteiger charge is 2.17. The van der Waals surface area contributed by atoms with Crippen LogP contribution in [0.2, 0.25) is 5.02 Å². The van der Waals surface area contributed by atoms with Gasteiger partial charge in [0.15, 0.2) is 11.0 Å². The molecule has 0 aliphatic heterocycles. The second kappa shape index (κ2) is 11.2. The average molecular weight is 510 g/mol. The predicted molar refractivity (Wildman–Crippen MR) is 136 cm³/mol. The number of ether oxygens (including phenoxy) is 1. The highest BCUT2D eigenvalue weighted by Crippen LogP contribution is 2.29. The summed E-state index contributed by atoms with van der Waals surface area (Å²) in [4.78, 5) is 12.5. The second-order valence-electron chi connectivity index (χ2n) is 7.37. The maximum Gasteiger partial charge on any atom is 0.250 e. The third-order valence-electron chi connectivity index (χ3n) is 5.01. The van der Waals surface area contributed by atoms with Crippen LogP contribution in [0.5, 0.6) is 5.75 Å². The van der Waals surface area contributed by atoms with Crippen LogP contribution in [0.4, 0.5) is 4.39 Å². The molecule has 0 saturated heterocycles. The number of amides is 1. The van der Waals surface area contributed by atoms with Crippen LogP contribution in [0.25, 0.3) is 17.1 Å². The summed E-state index contributed by atoms with van der Waals surface area (Å²) in [7, 11) is 1.61. The van der Waals surface area contributed by atoms with Crippen molar-refractivity contribution in [3.8, 4) is 22.8 Å². The van der Waals surface area contributed by atoms with E-state index in [0.717, 1.165) is 17.0 Å². The molecule has 0 fully saturated rings. The van der Waals surface area contributed by atoms with Gasteiger partial charge in [0.1, 0.15) is 11.6 Å². The number of hydrazone groups is 1. The molecule has 0 unspecified atom stereocenters. The van der Waals surface area contributed by atoms with E-state index in [2.05, 4.69) is 20.7 Å². The van der Waals surface area contributed by atoms with E-state index in [0.29, 0.717) is 27.3 Å². The molecule has 0 spiro atoms. The first-order chi connectivity index (χ1) is 16.9. The molecule has 10 heteroatoms. The van der Waals surface area contributed by atoms with Crippen LogP contribution in [0, 0.1) is 5.82 Å². The quantitative estimate of drug-likeness (QED) is 0.196. The van der Waals surface area contributed by atoms with Crippen molar-refractivity contribution < 1.29 is 13.9 Å². The predicted octanol–water partition coefficient (Wildman–Crippen LogP) is 5.37. The fourth-order valence-corrected chi connectivity index (χ4v) is 4.05. The van der Waals surface area contributed by atoms with Crippen LogP contribution in [0.3, 0.4) is 0 Å². The normalized spacial score (nSPS) is 11.4. The standard InChI is InChI=1S/C25H21ClFN5O2S/c1-16(17-3-9-20(27)10-4-17)28-29-23(33)15-35-25-31-30-24(18-5-13-22(34-2)14-6-18)32(25)21-11-7-19(26)8-12-21/h3-14H,15H2,1-2H3,(H,29,33)/b28-16+. The maximum absolute atomic E-state index is 13.1. The molecule has 0 atom stereocenters. The van der Waals surface area contributed by atoms with Crippen molar-refractivity contribution in [3.63, 3.8) is 0 Å². The maximum atomic E-state index is 13.1. The van der Waals surface area contributed by atoms with Crippen LogP contribution in [-0.4, -0.2) is 39.2 Å². The number of hydrogen-bond donors (Lipinski definition) is 1. The third-order valence-corrected chi connectivity index (χ3v) is 6.19. The van der Waals surface area contributed by atoms with Gasteiger partial charge in [-0.1, -0.05) is 35.5 Å². The lowest BCUT2D eigenvalue weighted by molar-refractivity contribution is -0.118. The Kier molecular flexibility index (Phi) is 7.79. The third kappa shape index (κ3) is 6.06. The van der Waals surface area contributed by atoms with Gasteiger partial charge in [-0.15, -0.1) is 10.2 Å². The van der Waals surface area contributed by atoms with Gasteiger partial charge in [0.25, 0.3) is 5.91 Å². The molecule has 35 heavy (non-hydrogen) atoms. The minimum absolute atomic E-state index is 0.0640. The Hall–Kier alpha value is -3.69. The van der Waals surface area contributed by atoms with Crippen LogP contribution in [0.1, 0.15) is 12.5 Å². The summed E-state index contributed by atoms with van der Waals surface area (Å²) in [5.41, 5.74) is 5.45. The zero-order valence-corrected chi connectivity index (χ0v) is 20.5. The Balaban J connectivity index is 1.53. The molecule has 1 N–H and O–H groups in total. The summed E-state index contributed by atoms with van der Waals surface area (Å²) in [5, 5.41) is 13.9. The molecular weight excluding hydrogens is 489 g/mol. The van der Waals surface area contributed by atoms with E-state index < -0.39 is 0 Å². The van der Waals surface area contributed by atoms with E-state index in [1.54, 1.807) is 38.3 Å². The average Bonchev–Trinajstić information content (AvgIpc) is 3.31. The molecule has 4 aromatic rings. The van der Waals surface area contributed by atoms with Gasteiger partial charge < -0.3 is 4.74 Å². The lowest BCUT2D eigenvalue weighted by Gasteiger charge is -2.11. The molecule has 3 aromatic carbocycles. The first-order valence-electron chi connectivity index (χ1n) is 10.5. The summed E-state index contributed by atoms with van der Waals surface area (Å²) >= 11 is 7.30. The van der Waals surface area contributed by atoms with Crippen molar-refractivity contribution in [1.29, 1.82) is 0 Å². The minimum Gasteiger partial charge on any atom is -0.497 e. The number of carbonyl (C=O) groups is 1. The minimum atomic E-state index is -0.333. The molecule has 0 saturated carbocycles. The zero-order valence-electron chi connectivity index (χ0n) is 18.9. The molecule has 178 valence electrons. The number of carbonyl (C=O) groups excluding carboxylic acids is 1. The van der Waals surface area contributed by atoms with E-state index in [9.17, 15) is 9.18 Å². The zero-order chi connectivity index (χ0) is 24.8. The number of rotatable bonds is 8. The van der Waals surface area contributed by atoms with Crippen molar-refractivity contribution in [2.24, 2.45) is 5.10 Å². The van der Waals surface area contributed by atoms with Crippen molar-refractivity contribution in [3.05, 3.63) is 89.2 Å². The molecule has 1 amide bonds. The number of methoxy groups -OCH3 is 1. The van der Waals surface area contributed by atoms with Gasteiger partial charge in [0, 0.05) is 16.3 Å². The number of hydrogen-bond acceptors (Lipinski definition) is 6. The van der Waals surface area contributed by atoms with E-state index >= 15 is 0 Å². The molecule has 0 aliphatic carbocycles. The van der Waals surface area contributed by atoms with Crippen molar-refractivity contribution >= 4 is 35.0 Å². The number of aromatic nitrogens is 3. The van der Waals surface area contributed by atoms with Gasteiger partial charge >= 0.3 is 0 Å². The van der Waals surface area contributed by atoms with Gasteiger partial charge in [-0.3, -0.25) is 9.36 Å². The summed E-state index contributed by atoms with van der Waals surface area (Å²) in [6, 6.07) is 20.6. The van der Waals surface area contributed by atoms with E-state index in [1.165, 1.54) is 23.9 Å². The van der Waals surface area contributed by atoms with Crippen LogP contribution in [0.15, 0.2) is 83.1 Å². The monoisotopic (exact) mass is 509 g/mol. The van der Waals surface area contributed by atoms with Crippen molar-refractivity contribution in [1.82, 2.24) is 20.2 Å². The van der Waals surface area contributed by atoms with Gasteiger partial charge in [0.2, 0.25) is 0 Å². The van der Waals surface area contributed by atoms with Crippen molar-refractivity contribution in [2.45, 2.75) is 12.1 Å². The molecule has 7 nitrogen and oxygen atoms in total. The van der Waals surface area contributed by atoms with E-state index in [4.69, 9.17) is 16.3 Å².